The Labute approximate surface area is 162 Å². The van der Waals surface area contributed by atoms with Gasteiger partial charge in [-0.05, 0) is 42.8 Å². The molecule has 5 nitrogen and oxygen atoms in total. The number of halogens is 1. The molecule has 6 heteroatoms. The third kappa shape index (κ3) is 4.79. The first kappa shape index (κ1) is 19.2. The molecule has 0 saturated heterocycles. The van der Waals surface area contributed by atoms with Gasteiger partial charge in [-0.25, -0.2) is 4.39 Å². The first-order valence-electron chi connectivity index (χ1n) is 8.79. The van der Waals surface area contributed by atoms with Crippen LogP contribution >= 0.6 is 0 Å². The maximum Gasteiger partial charge on any atom is 0.271 e. The van der Waals surface area contributed by atoms with E-state index in [-0.39, 0.29) is 23.9 Å². The van der Waals surface area contributed by atoms with Crippen LogP contribution in [0.3, 0.4) is 0 Å². The maximum absolute atomic E-state index is 13.1. The second-order valence-corrected chi connectivity index (χ2v) is 6.55. The van der Waals surface area contributed by atoms with Gasteiger partial charge in [0.1, 0.15) is 5.82 Å². The van der Waals surface area contributed by atoms with Crippen LogP contribution in [0.2, 0.25) is 0 Å². The SMILES string of the molecule is Cc1ccc(C(CC(=O)c2ccc(F)cc2)Nc2cccc([N+](=O)[O-])c2)cc1. The van der Waals surface area contributed by atoms with E-state index in [2.05, 4.69) is 5.32 Å². The van der Waals surface area contributed by atoms with Crippen LogP contribution < -0.4 is 5.32 Å². The van der Waals surface area contributed by atoms with Crippen molar-refractivity contribution in [2.24, 2.45) is 0 Å². The van der Waals surface area contributed by atoms with Crippen LogP contribution in [0.25, 0.3) is 0 Å². The Hall–Kier alpha value is -3.54. The summed E-state index contributed by atoms with van der Waals surface area (Å²) < 4.78 is 13.1. The van der Waals surface area contributed by atoms with Gasteiger partial charge in [0.15, 0.2) is 5.78 Å². The van der Waals surface area contributed by atoms with Gasteiger partial charge in [0, 0.05) is 29.8 Å². The molecule has 1 N–H and O–H groups in total. The van der Waals surface area contributed by atoms with Crippen LogP contribution in [0.5, 0.6) is 0 Å². The number of carbonyl (C=O) groups is 1. The molecule has 3 aromatic carbocycles. The Kier molecular flexibility index (Phi) is 5.79. The summed E-state index contributed by atoms with van der Waals surface area (Å²) >= 11 is 0. The quantitative estimate of drug-likeness (QED) is 0.336. The second kappa shape index (κ2) is 8.43. The third-order valence-corrected chi connectivity index (χ3v) is 4.43. The predicted octanol–water partition coefficient (Wildman–Crippen LogP) is 5.47. The Balaban J connectivity index is 1.87. The van der Waals surface area contributed by atoms with Crippen molar-refractivity contribution in [1.82, 2.24) is 0 Å². The minimum atomic E-state index is -0.463. The molecule has 1 atom stereocenters. The number of rotatable bonds is 7. The smallest absolute Gasteiger partial charge is 0.271 e. The molecule has 28 heavy (non-hydrogen) atoms. The van der Waals surface area contributed by atoms with Gasteiger partial charge < -0.3 is 5.32 Å². The number of ketones is 1. The van der Waals surface area contributed by atoms with Crippen molar-refractivity contribution in [2.45, 2.75) is 19.4 Å². The highest BCUT2D eigenvalue weighted by Gasteiger charge is 2.18. The number of nitro groups is 1. The Morgan fingerprint density at radius 2 is 1.75 bits per heavy atom. The number of non-ortho nitro benzene ring substituents is 1. The first-order valence-corrected chi connectivity index (χ1v) is 8.79. The second-order valence-electron chi connectivity index (χ2n) is 6.55. The Morgan fingerprint density at radius 3 is 2.39 bits per heavy atom. The number of Topliss-reactive ketones (excluding diaryl/α,β-unsaturated/α-hetero) is 1. The number of benzene rings is 3. The summed E-state index contributed by atoms with van der Waals surface area (Å²) in [7, 11) is 0. The molecule has 0 heterocycles. The van der Waals surface area contributed by atoms with Crippen LogP contribution in [-0.2, 0) is 0 Å². The molecule has 0 aliphatic heterocycles. The molecule has 1 unspecified atom stereocenters. The van der Waals surface area contributed by atoms with Gasteiger partial charge in [-0.2, -0.15) is 0 Å². The predicted molar refractivity (Wildman–Crippen MR) is 106 cm³/mol. The van der Waals surface area contributed by atoms with E-state index in [9.17, 15) is 19.3 Å². The summed E-state index contributed by atoms with van der Waals surface area (Å²) in [6.07, 6.45) is 0.122. The number of nitrogens with one attached hydrogen (secondary N) is 1. The summed E-state index contributed by atoms with van der Waals surface area (Å²) in [5.41, 5.74) is 2.90. The Morgan fingerprint density at radius 1 is 1.07 bits per heavy atom. The zero-order chi connectivity index (χ0) is 20.1. The highest BCUT2D eigenvalue weighted by molar-refractivity contribution is 5.96. The molecule has 3 rings (SSSR count). The molecule has 0 saturated carbocycles. The number of anilines is 1. The number of carbonyl (C=O) groups excluding carboxylic acids is 1. The van der Waals surface area contributed by atoms with Gasteiger partial charge in [-0.3, -0.25) is 14.9 Å². The molecule has 142 valence electrons. The van der Waals surface area contributed by atoms with Crippen molar-refractivity contribution < 1.29 is 14.1 Å². The van der Waals surface area contributed by atoms with Crippen molar-refractivity contribution in [1.29, 1.82) is 0 Å². The minimum Gasteiger partial charge on any atom is -0.378 e. The topological polar surface area (TPSA) is 72.2 Å². The monoisotopic (exact) mass is 378 g/mol. The highest BCUT2D eigenvalue weighted by atomic mass is 19.1. The summed E-state index contributed by atoms with van der Waals surface area (Å²) in [4.78, 5) is 23.3. The van der Waals surface area contributed by atoms with Gasteiger partial charge in [-0.1, -0.05) is 35.9 Å². The fourth-order valence-electron chi connectivity index (χ4n) is 2.90. The van der Waals surface area contributed by atoms with E-state index in [1.54, 1.807) is 12.1 Å². The molecule has 0 amide bonds. The third-order valence-electron chi connectivity index (χ3n) is 4.43. The number of hydrogen-bond donors (Lipinski definition) is 1. The fraction of sp³-hybridized carbons (Fsp3) is 0.136. The van der Waals surface area contributed by atoms with Crippen LogP contribution in [0, 0.1) is 22.9 Å². The van der Waals surface area contributed by atoms with Crippen LogP contribution in [0.1, 0.15) is 33.9 Å². The van der Waals surface area contributed by atoms with E-state index in [0.29, 0.717) is 11.3 Å². The van der Waals surface area contributed by atoms with Crippen molar-refractivity contribution in [2.75, 3.05) is 5.32 Å². The molecule has 0 radical (unpaired) electrons. The van der Waals surface area contributed by atoms with E-state index < -0.39 is 10.7 Å². The van der Waals surface area contributed by atoms with Gasteiger partial charge in [0.25, 0.3) is 5.69 Å². The molecule has 0 bridgehead atoms. The standard InChI is InChI=1S/C22H19FN2O3/c1-15-5-7-16(8-6-15)21(14-22(26)17-9-11-18(23)12-10-17)24-19-3-2-4-20(13-19)25(27)28/h2-13,21,24H,14H2,1H3. The highest BCUT2D eigenvalue weighted by Crippen LogP contribution is 2.27. The summed E-state index contributed by atoms with van der Waals surface area (Å²) in [5, 5.41) is 14.3. The molecule has 0 fully saturated rings. The van der Waals surface area contributed by atoms with E-state index >= 15 is 0 Å². The first-order chi connectivity index (χ1) is 13.4. The molecule has 0 aliphatic carbocycles. The molecule has 0 aromatic heterocycles. The summed E-state index contributed by atoms with van der Waals surface area (Å²) in [6, 6.07) is 18.9. The van der Waals surface area contributed by atoms with Crippen molar-refractivity contribution in [3.63, 3.8) is 0 Å². The lowest BCUT2D eigenvalue weighted by Crippen LogP contribution is -2.16. The van der Waals surface area contributed by atoms with Gasteiger partial charge in [-0.15, -0.1) is 0 Å². The lowest BCUT2D eigenvalue weighted by atomic mass is 9.97. The van der Waals surface area contributed by atoms with Crippen molar-refractivity contribution in [3.8, 4) is 0 Å². The Bertz CT molecular complexity index is 985. The lowest BCUT2D eigenvalue weighted by molar-refractivity contribution is -0.384. The van der Waals surface area contributed by atoms with Crippen LogP contribution in [-0.4, -0.2) is 10.7 Å². The lowest BCUT2D eigenvalue weighted by Gasteiger charge is -2.20. The van der Waals surface area contributed by atoms with Gasteiger partial charge in [0.05, 0.1) is 11.0 Å². The zero-order valence-corrected chi connectivity index (χ0v) is 15.3. The molecular formula is C22H19FN2O3. The molecule has 3 aromatic rings. The summed E-state index contributed by atoms with van der Waals surface area (Å²) in [5.74, 6) is -0.551. The number of aryl methyl sites for hydroxylation is 1. The van der Waals surface area contributed by atoms with Gasteiger partial charge in [0.2, 0.25) is 0 Å². The van der Waals surface area contributed by atoms with E-state index in [0.717, 1.165) is 11.1 Å². The maximum atomic E-state index is 13.1. The van der Waals surface area contributed by atoms with Crippen LogP contribution in [0.4, 0.5) is 15.8 Å². The largest absolute Gasteiger partial charge is 0.378 e. The molecular weight excluding hydrogens is 359 g/mol. The van der Waals surface area contributed by atoms with Crippen molar-refractivity contribution in [3.05, 3.63) is 105 Å². The fourth-order valence-corrected chi connectivity index (χ4v) is 2.90. The molecule has 0 aliphatic rings. The molecule has 0 spiro atoms. The van der Waals surface area contributed by atoms with Crippen molar-refractivity contribution >= 4 is 17.2 Å². The van der Waals surface area contributed by atoms with E-state index in [4.69, 9.17) is 0 Å². The average molecular weight is 378 g/mol. The average Bonchev–Trinajstić information content (AvgIpc) is 2.68. The van der Waals surface area contributed by atoms with Crippen LogP contribution in [0.15, 0.2) is 72.8 Å². The van der Waals surface area contributed by atoms with E-state index in [1.807, 2.05) is 31.2 Å². The number of nitrogens with zero attached hydrogens (tertiary/aromatic N) is 1. The zero-order valence-electron chi connectivity index (χ0n) is 15.3. The minimum absolute atomic E-state index is 0.0301. The number of hydrogen-bond acceptors (Lipinski definition) is 4. The normalized spacial score (nSPS) is 11.6. The number of nitro benzene ring substituents is 1. The summed E-state index contributed by atoms with van der Waals surface area (Å²) in [6.45, 7) is 1.97. The van der Waals surface area contributed by atoms with Gasteiger partial charge >= 0.3 is 0 Å². The van der Waals surface area contributed by atoms with E-state index in [1.165, 1.54) is 36.4 Å².